The van der Waals surface area contributed by atoms with E-state index in [1.54, 1.807) is 6.92 Å². The monoisotopic (exact) mass is 375 g/mol. The van der Waals surface area contributed by atoms with Gasteiger partial charge in [0.25, 0.3) is 0 Å². The van der Waals surface area contributed by atoms with Crippen LogP contribution in [0.3, 0.4) is 0 Å². The summed E-state index contributed by atoms with van der Waals surface area (Å²) in [6.45, 7) is 7.32. The van der Waals surface area contributed by atoms with Gasteiger partial charge in [0, 0.05) is 19.1 Å². The van der Waals surface area contributed by atoms with E-state index in [1.807, 2.05) is 30.3 Å². The molecule has 3 N–H and O–H groups in total. The summed E-state index contributed by atoms with van der Waals surface area (Å²) in [6.07, 6.45) is 4.52. The number of carbonyl (C=O) groups is 1. The number of halogens is 2. The van der Waals surface area contributed by atoms with Crippen molar-refractivity contribution >= 4 is 30.7 Å². The Morgan fingerprint density at radius 1 is 1.25 bits per heavy atom. The molecule has 2 rings (SSSR count). The van der Waals surface area contributed by atoms with E-state index in [2.05, 4.69) is 17.1 Å². The number of nitrogens with one attached hydrogen (secondary N) is 1. The van der Waals surface area contributed by atoms with Gasteiger partial charge in [-0.2, -0.15) is 0 Å². The molecule has 0 saturated carbocycles. The number of hydrogen-bond acceptors (Lipinski definition) is 3. The molecule has 0 radical (unpaired) electrons. The lowest BCUT2D eigenvalue weighted by Gasteiger charge is -2.34. The van der Waals surface area contributed by atoms with E-state index in [1.165, 1.54) is 19.4 Å². The first kappa shape index (κ1) is 23.2. The highest BCUT2D eigenvalue weighted by atomic mass is 35.5. The summed E-state index contributed by atoms with van der Waals surface area (Å²) in [5.74, 6) is -0.0780. The molecule has 0 aliphatic carbocycles. The zero-order valence-corrected chi connectivity index (χ0v) is 16.3. The number of hydrogen-bond donors (Lipinski definition) is 2. The number of amides is 1. The van der Waals surface area contributed by atoms with E-state index in [9.17, 15) is 4.79 Å². The van der Waals surface area contributed by atoms with Crippen molar-refractivity contribution in [2.75, 3.05) is 19.6 Å². The molecule has 1 aromatic rings. The maximum atomic E-state index is 12.5. The lowest BCUT2D eigenvalue weighted by molar-refractivity contribution is -0.127. The second-order valence-corrected chi connectivity index (χ2v) is 6.51. The Morgan fingerprint density at radius 3 is 2.38 bits per heavy atom. The van der Waals surface area contributed by atoms with Crippen molar-refractivity contribution in [1.82, 2.24) is 10.2 Å². The highest BCUT2D eigenvalue weighted by Crippen LogP contribution is 2.19. The minimum Gasteiger partial charge on any atom is -0.351 e. The summed E-state index contributed by atoms with van der Waals surface area (Å²) in [6, 6.07) is 9.83. The third kappa shape index (κ3) is 6.25. The first-order chi connectivity index (χ1) is 10.5. The molecule has 1 aromatic carbocycles. The molecule has 1 heterocycles. The molecular weight excluding hydrogens is 345 g/mol. The average molecular weight is 376 g/mol. The molecule has 6 heteroatoms. The molecule has 138 valence electrons. The topological polar surface area (TPSA) is 58.4 Å². The zero-order valence-electron chi connectivity index (χ0n) is 14.7. The molecule has 0 spiro atoms. The van der Waals surface area contributed by atoms with Gasteiger partial charge in [0.2, 0.25) is 5.91 Å². The van der Waals surface area contributed by atoms with Gasteiger partial charge in [0.15, 0.2) is 0 Å². The number of rotatable bonds is 6. The summed E-state index contributed by atoms with van der Waals surface area (Å²) >= 11 is 0. The van der Waals surface area contributed by atoms with E-state index in [4.69, 9.17) is 5.73 Å². The summed E-state index contributed by atoms with van der Waals surface area (Å²) in [5, 5.41) is 3.14. The molecule has 4 nitrogen and oxygen atoms in total. The normalized spacial score (nSPS) is 18.0. The number of piperidine rings is 1. The van der Waals surface area contributed by atoms with E-state index in [0.29, 0.717) is 0 Å². The molecular formula is C18H31Cl2N3O. The van der Waals surface area contributed by atoms with Crippen LogP contribution in [0.2, 0.25) is 0 Å². The lowest BCUT2D eigenvalue weighted by Crippen LogP contribution is -2.54. The number of nitrogens with zero attached hydrogens (tertiary/aromatic N) is 1. The van der Waals surface area contributed by atoms with E-state index < -0.39 is 5.54 Å². The SMILES string of the molecule is CCCCN1CCC(NC(=O)C(C)(N)c2ccccc2)CC1.Cl.Cl. The van der Waals surface area contributed by atoms with Crippen LogP contribution in [-0.2, 0) is 10.3 Å². The first-order valence-corrected chi connectivity index (χ1v) is 8.41. The van der Waals surface area contributed by atoms with Crippen molar-refractivity contribution in [3.05, 3.63) is 35.9 Å². The van der Waals surface area contributed by atoms with Crippen LogP contribution in [0.1, 0.15) is 45.1 Å². The van der Waals surface area contributed by atoms with Crippen molar-refractivity contribution in [1.29, 1.82) is 0 Å². The molecule has 1 amide bonds. The predicted octanol–water partition coefficient (Wildman–Crippen LogP) is 3.08. The molecule has 1 saturated heterocycles. The number of likely N-dealkylation sites (tertiary alicyclic amines) is 1. The Kier molecular flexibility index (Phi) is 10.6. The Hall–Kier alpha value is -0.810. The fraction of sp³-hybridized carbons (Fsp3) is 0.611. The third-order valence-electron chi connectivity index (χ3n) is 4.60. The smallest absolute Gasteiger partial charge is 0.244 e. The van der Waals surface area contributed by atoms with Crippen molar-refractivity contribution in [2.24, 2.45) is 5.73 Å². The van der Waals surface area contributed by atoms with Gasteiger partial charge in [-0.05, 0) is 38.3 Å². The number of unbranched alkanes of at least 4 members (excludes halogenated alkanes) is 1. The molecule has 1 aliphatic heterocycles. The van der Waals surface area contributed by atoms with Gasteiger partial charge in [-0.1, -0.05) is 43.7 Å². The fourth-order valence-electron chi connectivity index (χ4n) is 2.93. The van der Waals surface area contributed by atoms with E-state index in [-0.39, 0.29) is 36.8 Å². The van der Waals surface area contributed by atoms with Crippen molar-refractivity contribution < 1.29 is 4.79 Å². The van der Waals surface area contributed by atoms with Crippen LogP contribution in [0.4, 0.5) is 0 Å². The minimum absolute atomic E-state index is 0. The highest BCUT2D eigenvalue weighted by Gasteiger charge is 2.32. The largest absolute Gasteiger partial charge is 0.351 e. The number of carbonyl (C=O) groups excluding carboxylic acids is 1. The fourth-order valence-corrected chi connectivity index (χ4v) is 2.93. The summed E-state index contributed by atoms with van der Waals surface area (Å²) in [7, 11) is 0. The van der Waals surface area contributed by atoms with E-state index in [0.717, 1.165) is 31.5 Å². The quantitative estimate of drug-likeness (QED) is 0.802. The number of nitrogens with two attached hydrogens (primary N) is 1. The predicted molar refractivity (Wildman–Crippen MR) is 105 cm³/mol. The zero-order chi connectivity index (χ0) is 16.0. The summed E-state index contributed by atoms with van der Waals surface area (Å²) in [5.41, 5.74) is 6.15. The summed E-state index contributed by atoms with van der Waals surface area (Å²) < 4.78 is 0. The highest BCUT2D eigenvalue weighted by molar-refractivity contribution is 5.87. The summed E-state index contributed by atoms with van der Waals surface area (Å²) in [4.78, 5) is 15.0. The Bertz CT molecular complexity index is 474. The van der Waals surface area contributed by atoms with E-state index >= 15 is 0 Å². The molecule has 1 fully saturated rings. The van der Waals surface area contributed by atoms with Crippen LogP contribution in [0.15, 0.2) is 30.3 Å². The van der Waals surface area contributed by atoms with Crippen LogP contribution in [-0.4, -0.2) is 36.5 Å². The van der Waals surface area contributed by atoms with Crippen molar-refractivity contribution in [2.45, 2.75) is 51.1 Å². The average Bonchev–Trinajstić information content (AvgIpc) is 2.55. The second kappa shape index (κ2) is 10.9. The first-order valence-electron chi connectivity index (χ1n) is 8.41. The lowest BCUT2D eigenvalue weighted by atomic mass is 9.91. The van der Waals surface area contributed by atoms with Gasteiger partial charge in [0.05, 0.1) is 0 Å². The van der Waals surface area contributed by atoms with Crippen LogP contribution in [0.5, 0.6) is 0 Å². The van der Waals surface area contributed by atoms with Gasteiger partial charge < -0.3 is 16.0 Å². The van der Waals surface area contributed by atoms with Gasteiger partial charge in [-0.15, -0.1) is 24.8 Å². The maximum absolute atomic E-state index is 12.5. The number of benzene rings is 1. The molecule has 24 heavy (non-hydrogen) atoms. The second-order valence-electron chi connectivity index (χ2n) is 6.51. The van der Waals surface area contributed by atoms with Crippen LogP contribution in [0.25, 0.3) is 0 Å². The van der Waals surface area contributed by atoms with Crippen LogP contribution >= 0.6 is 24.8 Å². The Morgan fingerprint density at radius 2 is 1.83 bits per heavy atom. The minimum atomic E-state index is -0.972. The van der Waals surface area contributed by atoms with Crippen molar-refractivity contribution in [3.63, 3.8) is 0 Å². The van der Waals surface area contributed by atoms with Gasteiger partial charge in [-0.3, -0.25) is 4.79 Å². The molecule has 0 aromatic heterocycles. The molecule has 1 unspecified atom stereocenters. The van der Waals surface area contributed by atoms with Gasteiger partial charge >= 0.3 is 0 Å². The Balaban J connectivity index is 0.00000264. The van der Waals surface area contributed by atoms with Crippen LogP contribution in [0, 0.1) is 0 Å². The van der Waals surface area contributed by atoms with Gasteiger partial charge in [-0.25, -0.2) is 0 Å². The van der Waals surface area contributed by atoms with Crippen LogP contribution < -0.4 is 11.1 Å². The third-order valence-corrected chi connectivity index (χ3v) is 4.60. The maximum Gasteiger partial charge on any atom is 0.244 e. The molecule has 0 bridgehead atoms. The van der Waals surface area contributed by atoms with Gasteiger partial charge in [0.1, 0.15) is 5.54 Å². The standard InChI is InChI=1S/C18H29N3O.2ClH/c1-3-4-12-21-13-10-16(11-14-21)20-17(22)18(2,19)15-8-6-5-7-9-15;;/h5-9,16H,3-4,10-14,19H2,1-2H3,(H,20,22);2*1H. The molecule has 1 atom stereocenters. The van der Waals surface area contributed by atoms with Crippen molar-refractivity contribution in [3.8, 4) is 0 Å². The Labute approximate surface area is 158 Å². The molecule has 1 aliphatic rings.